The van der Waals surface area contributed by atoms with Gasteiger partial charge in [0.05, 0.1) is 17.5 Å². The van der Waals surface area contributed by atoms with Gasteiger partial charge in [0.25, 0.3) is 5.91 Å². The second-order valence-electron chi connectivity index (χ2n) is 6.00. The maximum atomic E-state index is 12.1. The van der Waals surface area contributed by atoms with Crippen LogP contribution in [-0.4, -0.2) is 38.2 Å². The number of carbonyl (C=O) groups is 1. The number of hydrogen-bond acceptors (Lipinski definition) is 4. The molecule has 1 heterocycles. The Labute approximate surface area is 129 Å². The molecule has 0 radical (unpaired) electrons. The first kappa shape index (κ1) is 14.7. The van der Waals surface area contributed by atoms with Crippen LogP contribution in [0.2, 0.25) is 0 Å². The lowest BCUT2D eigenvalue weighted by Crippen LogP contribution is -2.40. The minimum Gasteiger partial charge on any atom is -0.388 e. The third-order valence-corrected chi connectivity index (χ3v) is 4.10. The number of aryl methyl sites for hydroxylation is 1. The molecule has 116 valence electrons. The fourth-order valence-electron chi connectivity index (χ4n) is 2.81. The van der Waals surface area contributed by atoms with Crippen molar-refractivity contribution in [1.82, 2.24) is 20.3 Å². The zero-order valence-corrected chi connectivity index (χ0v) is 12.6. The summed E-state index contributed by atoms with van der Waals surface area (Å²) in [7, 11) is 0. The topological polar surface area (TPSA) is 80.0 Å². The Balaban J connectivity index is 1.67. The van der Waals surface area contributed by atoms with Crippen molar-refractivity contribution in [2.75, 3.05) is 6.54 Å². The molecule has 1 fully saturated rings. The number of carbonyl (C=O) groups excluding carboxylic acids is 1. The number of benzene rings is 1. The van der Waals surface area contributed by atoms with E-state index in [1.54, 1.807) is 10.9 Å². The maximum Gasteiger partial charge on any atom is 0.273 e. The molecule has 1 aromatic carbocycles. The summed E-state index contributed by atoms with van der Waals surface area (Å²) in [5.41, 5.74) is 1.47. The van der Waals surface area contributed by atoms with Crippen molar-refractivity contribution in [3.63, 3.8) is 0 Å². The van der Waals surface area contributed by atoms with Gasteiger partial charge in [-0.25, -0.2) is 4.68 Å². The Bertz CT molecular complexity index is 674. The van der Waals surface area contributed by atoms with Gasteiger partial charge < -0.3 is 10.4 Å². The highest BCUT2D eigenvalue weighted by Crippen LogP contribution is 2.28. The average Bonchev–Trinajstić information content (AvgIpc) is 3.15. The van der Waals surface area contributed by atoms with Crippen LogP contribution in [0.15, 0.2) is 30.5 Å². The van der Waals surface area contributed by atoms with E-state index in [0.717, 1.165) is 36.9 Å². The highest BCUT2D eigenvalue weighted by molar-refractivity contribution is 5.91. The van der Waals surface area contributed by atoms with E-state index in [4.69, 9.17) is 0 Å². The van der Waals surface area contributed by atoms with Crippen molar-refractivity contribution in [1.29, 1.82) is 0 Å². The van der Waals surface area contributed by atoms with Gasteiger partial charge in [0, 0.05) is 6.54 Å². The molecule has 1 amide bonds. The van der Waals surface area contributed by atoms with E-state index in [0.29, 0.717) is 0 Å². The smallest absolute Gasteiger partial charge is 0.273 e. The van der Waals surface area contributed by atoms with Crippen molar-refractivity contribution in [3.05, 3.63) is 41.7 Å². The summed E-state index contributed by atoms with van der Waals surface area (Å²) in [4.78, 5) is 12.1. The number of amides is 1. The molecular weight excluding hydrogens is 280 g/mol. The van der Waals surface area contributed by atoms with Crippen molar-refractivity contribution in [3.8, 4) is 5.69 Å². The van der Waals surface area contributed by atoms with Crippen molar-refractivity contribution < 1.29 is 9.90 Å². The van der Waals surface area contributed by atoms with Gasteiger partial charge in [-0.05, 0) is 37.5 Å². The molecule has 1 aromatic heterocycles. The summed E-state index contributed by atoms with van der Waals surface area (Å²) in [5, 5.41) is 20.9. The minimum atomic E-state index is -0.762. The van der Waals surface area contributed by atoms with Crippen LogP contribution in [0.25, 0.3) is 5.69 Å². The molecule has 2 N–H and O–H groups in total. The Hall–Kier alpha value is -2.21. The molecular formula is C16H20N4O2. The molecule has 0 unspecified atom stereocenters. The molecule has 6 heteroatoms. The van der Waals surface area contributed by atoms with Crippen molar-refractivity contribution >= 4 is 5.91 Å². The van der Waals surface area contributed by atoms with Gasteiger partial charge >= 0.3 is 0 Å². The van der Waals surface area contributed by atoms with E-state index >= 15 is 0 Å². The summed E-state index contributed by atoms with van der Waals surface area (Å²) in [5.74, 6) is -0.306. The lowest BCUT2D eigenvalue weighted by atomic mass is 10.0. The zero-order chi connectivity index (χ0) is 15.6. The van der Waals surface area contributed by atoms with Gasteiger partial charge in [0.15, 0.2) is 5.69 Å². The van der Waals surface area contributed by atoms with Crippen LogP contribution in [0.3, 0.4) is 0 Å². The molecule has 1 saturated carbocycles. The van der Waals surface area contributed by atoms with Gasteiger partial charge in [-0.15, -0.1) is 5.10 Å². The molecule has 0 bridgehead atoms. The van der Waals surface area contributed by atoms with E-state index in [2.05, 4.69) is 15.6 Å². The van der Waals surface area contributed by atoms with Gasteiger partial charge in [-0.1, -0.05) is 30.2 Å². The number of aliphatic hydroxyl groups is 1. The van der Waals surface area contributed by atoms with Crippen LogP contribution < -0.4 is 5.32 Å². The summed E-state index contributed by atoms with van der Waals surface area (Å²) < 4.78 is 1.58. The summed E-state index contributed by atoms with van der Waals surface area (Å²) in [6, 6.07) is 7.81. The summed E-state index contributed by atoms with van der Waals surface area (Å²) in [6.07, 6.45) is 5.10. The van der Waals surface area contributed by atoms with Crippen LogP contribution in [-0.2, 0) is 0 Å². The van der Waals surface area contributed by atoms with E-state index in [1.165, 1.54) is 0 Å². The largest absolute Gasteiger partial charge is 0.388 e. The second-order valence-corrected chi connectivity index (χ2v) is 6.00. The van der Waals surface area contributed by atoms with Crippen LogP contribution in [0.4, 0.5) is 0 Å². The predicted molar refractivity (Wildman–Crippen MR) is 81.8 cm³/mol. The number of rotatable bonds is 4. The SMILES string of the molecule is Cc1cccc(-n2cc(C(=O)NCC3(O)CCCC3)nn2)c1. The lowest BCUT2D eigenvalue weighted by molar-refractivity contribution is 0.0448. The first-order chi connectivity index (χ1) is 10.6. The van der Waals surface area contributed by atoms with Gasteiger partial charge in [-0.2, -0.15) is 0 Å². The van der Waals surface area contributed by atoms with Crippen LogP contribution >= 0.6 is 0 Å². The average molecular weight is 300 g/mol. The Morgan fingerprint density at radius 2 is 2.18 bits per heavy atom. The molecule has 0 saturated heterocycles. The second kappa shape index (κ2) is 5.88. The Morgan fingerprint density at radius 3 is 2.91 bits per heavy atom. The minimum absolute atomic E-state index is 0.253. The zero-order valence-electron chi connectivity index (χ0n) is 12.6. The summed E-state index contributed by atoms with van der Waals surface area (Å²) in [6.45, 7) is 2.26. The highest BCUT2D eigenvalue weighted by Gasteiger charge is 2.31. The van der Waals surface area contributed by atoms with E-state index in [-0.39, 0.29) is 18.1 Å². The molecule has 1 aliphatic rings. The van der Waals surface area contributed by atoms with Crippen LogP contribution in [0.5, 0.6) is 0 Å². The van der Waals surface area contributed by atoms with Gasteiger partial charge in [0.2, 0.25) is 0 Å². The molecule has 0 spiro atoms. The predicted octanol–water partition coefficient (Wildman–Crippen LogP) is 1.61. The Morgan fingerprint density at radius 1 is 1.41 bits per heavy atom. The fraction of sp³-hybridized carbons (Fsp3) is 0.438. The van der Waals surface area contributed by atoms with E-state index in [9.17, 15) is 9.90 Å². The third kappa shape index (κ3) is 3.17. The number of hydrogen-bond donors (Lipinski definition) is 2. The number of nitrogens with zero attached hydrogens (tertiary/aromatic N) is 3. The summed E-state index contributed by atoms with van der Waals surface area (Å²) >= 11 is 0. The normalized spacial score (nSPS) is 16.6. The molecule has 3 rings (SSSR count). The first-order valence-electron chi connectivity index (χ1n) is 7.56. The molecule has 1 aliphatic carbocycles. The first-order valence-corrected chi connectivity index (χ1v) is 7.56. The van der Waals surface area contributed by atoms with Crippen LogP contribution in [0.1, 0.15) is 41.7 Å². The van der Waals surface area contributed by atoms with Gasteiger partial charge in [0.1, 0.15) is 0 Å². The van der Waals surface area contributed by atoms with Crippen molar-refractivity contribution in [2.45, 2.75) is 38.2 Å². The third-order valence-electron chi connectivity index (χ3n) is 4.10. The van der Waals surface area contributed by atoms with Crippen molar-refractivity contribution in [2.24, 2.45) is 0 Å². The molecule has 0 atom stereocenters. The van der Waals surface area contributed by atoms with Gasteiger partial charge in [-0.3, -0.25) is 4.79 Å². The monoisotopic (exact) mass is 300 g/mol. The van der Waals surface area contributed by atoms with Crippen LogP contribution in [0, 0.1) is 6.92 Å². The standard InChI is InChI=1S/C16H20N4O2/c1-12-5-4-6-13(9-12)20-10-14(18-19-20)15(21)17-11-16(22)7-2-3-8-16/h4-6,9-10,22H,2-3,7-8,11H2,1H3,(H,17,21). The fourth-order valence-corrected chi connectivity index (χ4v) is 2.81. The van der Waals surface area contributed by atoms with E-state index < -0.39 is 5.60 Å². The molecule has 6 nitrogen and oxygen atoms in total. The highest BCUT2D eigenvalue weighted by atomic mass is 16.3. The molecule has 22 heavy (non-hydrogen) atoms. The molecule has 0 aliphatic heterocycles. The lowest BCUT2D eigenvalue weighted by Gasteiger charge is -2.21. The quantitative estimate of drug-likeness (QED) is 0.899. The van der Waals surface area contributed by atoms with E-state index in [1.807, 2.05) is 31.2 Å². The number of nitrogens with one attached hydrogen (secondary N) is 1. The number of aromatic nitrogens is 3. The Kier molecular flexibility index (Phi) is 3.94. The molecule has 2 aromatic rings. The maximum absolute atomic E-state index is 12.1.